The topological polar surface area (TPSA) is 114 Å². The SMILES string of the molecule is Cc1nc(Nc2cc(-c3ccc(CN(Cc4ccccc4)C(=O)O)cc3)n[nH]2)cc(N2CCN(C)CC2)n1. The van der Waals surface area contributed by atoms with Crippen molar-refractivity contribution in [3.05, 3.63) is 83.7 Å². The van der Waals surface area contributed by atoms with Gasteiger partial charge in [0.05, 0.1) is 5.69 Å². The van der Waals surface area contributed by atoms with Gasteiger partial charge in [0.15, 0.2) is 0 Å². The van der Waals surface area contributed by atoms with E-state index in [0.29, 0.717) is 24.7 Å². The molecule has 3 heterocycles. The number of carbonyl (C=O) groups is 1. The van der Waals surface area contributed by atoms with Gasteiger partial charge in [0.2, 0.25) is 0 Å². The average molecular weight is 513 g/mol. The number of hydrogen-bond acceptors (Lipinski definition) is 7. The second kappa shape index (κ2) is 11.3. The van der Waals surface area contributed by atoms with Crippen LogP contribution in [0.2, 0.25) is 0 Å². The highest BCUT2D eigenvalue weighted by molar-refractivity contribution is 5.67. The van der Waals surface area contributed by atoms with Crippen LogP contribution in [0, 0.1) is 6.92 Å². The number of piperazine rings is 1. The summed E-state index contributed by atoms with van der Waals surface area (Å²) in [6.07, 6.45) is -0.948. The number of rotatable bonds is 8. The highest BCUT2D eigenvalue weighted by atomic mass is 16.4. The Kier molecular flexibility index (Phi) is 7.50. The monoisotopic (exact) mass is 512 g/mol. The molecule has 10 nitrogen and oxygen atoms in total. The van der Waals surface area contributed by atoms with Crippen molar-refractivity contribution in [1.82, 2.24) is 30.0 Å². The van der Waals surface area contributed by atoms with Crippen LogP contribution in [0.1, 0.15) is 17.0 Å². The van der Waals surface area contributed by atoms with E-state index >= 15 is 0 Å². The van der Waals surface area contributed by atoms with Gasteiger partial charge in [-0.15, -0.1) is 0 Å². The van der Waals surface area contributed by atoms with E-state index in [1.165, 1.54) is 4.90 Å². The lowest BCUT2D eigenvalue weighted by atomic mass is 10.1. The number of nitrogens with zero attached hydrogens (tertiary/aromatic N) is 6. The second-order valence-corrected chi connectivity index (χ2v) is 9.56. The maximum Gasteiger partial charge on any atom is 0.407 e. The molecule has 0 atom stereocenters. The molecule has 0 aliphatic carbocycles. The normalized spacial score (nSPS) is 13.9. The van der Waals surface area contributed by atoms with E-state index in [9.17, 15) is 9.90 Å². The molecule has 1 aliphatic heterocycles. The molecule has 10 heteroatoms. The molecular formula is C28H32N8O2. The van der Waals surface area contributed by atoms with Crippen molar-refractivity contribution < 1.29 is 9.90 Å². The minimum Gasteiger partial charge on any atom is -0.465 e. The molecule has 2 aromatic carbocycles. The molecule has 1 saturated heterocycles. The minimum absolute atomic E-state index is 0.306. The van der Waals surface area contributed by atoms with Gasteiger partial charge in [-0.3, -0.25) is 10.00 Å². The van der Waals surface area contributed by atoms with E-state index in [4.69, 9.17) is 0 Å². The number of hydrogen-bond donors (Lipinski definition) is 3. The van der Waals surface area contributed by atoms with Gasteiger partial charge in [-0.05, 0) is 25.1 Å². The van der Waals surface area contributed by atoms with Crippen molar-refractivity contribution in [3.63, 3.8) is 0 Å². The zero-order chi connectivity index (χ0) is 26.5. The standard InChI is InChI=1S/C28H32N8O2/c1-20-29-25(17-27(30-20)35-14-12-34(2)13-15-35)31-26-16-24(32-33-26)23-10-8-22(9-11-23)19-36(28(37)38)18-21-6-4-3-5-7-21/h3-11,16-17H,12-15,18-19H2,1-2H3,(H,37,38)(H2,29,30,31,32,33). The van der Waals surface area contributed by atoms with Crippen LogP contribution in [0.5, 0.6) is 0 Å². The van der Waals surface area contributed by atoms with E-state index in [1.807, 2.05) is 73.7 Å². The highest BCUT2D eigenvalue weighted by Gasteiger charge is 2.17. The van der Waals surface area contributed by atoms with Crippen LogP contribution in [-0.4, -0.2) is 74.4 Å². The number of anilines is 3. The molecule has 4 aromatic rings. The van der Waals surface area contributed by atoms with E-state index < -0.39 is 6.09 Å². The Balaban J connectivity index is 1.24. The summed E-state index contributed by atoms with van der Waals surface area (Å²) in [5, 5.41) is 20.5. The third kappa shape index (κ3) is 6.27. The van der Waals surface area contributed by atoms with Gasteiger partial charge in [0.1, 0.15) is 23.3 Å². The van der Waals surface area contributed by atoms with Crippen molar-refractivity contribution in [1.29, 1.82) is 0 Å². The van der Waals surface area contributed by atoms with Gasteiger partial charge in [0.25, 0.3) is 0 Å². The predicted octanol–water partition coefficient (Wildman–Crippen LogP) is 4.35. The lowest BCUT2D eigenvalue weighted by Gasteiger charge is -2.33. The lowest BCUT2D eigenvalue weighted by molar-refractivity contribution is 0.139. The number of aromatic amines is 1. The molecule has 0 saturated carbocycles. The van der Waals surface area contributed by atoms with Crippen LogP contribution in [0.3, 0.4) is 0 Å². The summed E-state index contributed by atoms with van der Waals surface area (Å²) >= 11 is 0. The van der Waals surface area contributed by atoms with Gasteiger partial charge in [-0.2, -0.15) is 5.10 Å². The molecule has 1 aliphatic rings. The van der Waals surface area contributed by atoms with Gasteiger partial charge in [0, 0.05) is 57.0 Å². The Morgan fingerprint density at radius 1 is 0.974 bits per heavy atom. The zero-order valence-electron chi connectivity index (χ0n) is 21.6. The Labute approximate surface area is 222 Å². The Bertz CT molecular complexity index is 1370. The van der Waals surface area contributed by atoms with Crippen molar-refractivity contribution in [2.45, 2.75) is 20.0 Å². The predicted molar refractivity (Wildman–Crippen MR) is 147 cm³/mol. The van der Waals surface area contributed by atoms with Crippen molar-refractivity contribution in [2.75, 3.05) is 43.4 Å². The zero-order valence-corrected chi connectivity index (χ0v) is 21.6. The number of H-pyrrole nitrogens is 1. The molecule has 1 amide bonds. The minimum atomic E-state index is -0.948. The Hall–Kier alpha value is -4.44. The molecule has 38 heavy (non-hydrogen) atoms. The summed E-state index contributed by atoms with van der Waals surface area (Å²) in [5.74, 6) is 3.07. The summed E-state index contributed by atoms with van der Waals surface area (Å²) in [6, 6.07) is 21.3. The molecule has 2 aromatic heterocycles. The fourth-order valence-electron chi connectivity index (χ4n) is 4.48. The number of nitrogens with one attached hydrogen (secondary N) is 2. The molecular weight excluding hydrogens is 480 g/mol. The molecule has 0 spiro atoms. The number of carboxylic acid groups (broad SMARTS) is 1. The van der Waals surface area contributed by atoms with E-state index in [-0.39, 0.29) is 0 Å². The lowest BCUT2D eigenvalue weighted by Crippen LogP contribution is -2.44. The fraction of sp³-hybridized carbons (Fsp3) is 0.286. The summed E-state index contributed by atoms with van der Waals surface area (Å²) < 4.78 is 0. The summed E-state index contributed by atoms with van der Waals surface area (Å²) in [7, 11) is 2.13. The summed E-state index contributed by atoms with van der Waals surface area (Å²) in [6.45, 7) is 6.44. The molecule has 1 fully saturated rings. The first-order valence-corrected chi connectivity index (χ1v) is 12.7. The number of aromatic nitrogens is 4. The fourth-order valence-corrected chi connectivity index (χ4v) is 4.48. The first-order chi connectivity index (χ1) is 18.4. The highest BCUT2D eigenvalue weighted by Crippen LogP contribution is 2.24. The van der Waals surface area contributed by atoms with Crippen LogP contribution < -0.4 is 10.2 Å². The summed E-state index contributed by atoms with van der Waals surface area (Å²) in [4.78, 5) is 27.0. The van der Waals surface area contributed by atoms with Crippen LogP contribution in [-0.2, 0) is 13.1 Å². The first-order valence-electron chi connectivity index (χ1n) is 12.7. The van der Waals surface area contributed by atoms with Crippen molar-refractivity contribution in [3.8, 4) is 11.3 Å². The van der Waals surface area contributed by atoms with Gasteiger partial charge in [-0.1, -0.05) is 54.6 Å². The molecule has 5 rings (SSSR count). The number of aryl methyl sites for hydroxylation is 1. The quantitative estimate of drug-likeness (QED) is 0.319. The first kappa shape index (κ1) is 25.2. The Morgan fingerprint density at radius 2 is 1.66 bits per heavy atom. The largest absolute Gasteiger partial charge is 0.465 e. The molecule has 3 N–H and O–H groups in total. The maximum absolute atomic E-state index is 11.8. The van der Waals surface area contributed by atoms with Crippen molar-refractivity contribution >= 4 is 23.5 Å². The molecule has 0 radical (unpaired) electrons. The van der Waals surface area contributed by atoms with Crippen molar-refractivity contribution in [2.24, 2.45) is 0 Å². The van der Waals surface area contributed by atoms with Gasteiger partial charge in [-0.25, -0.2) is 14.8 Å². The van der Waals surface area contributed by atoms with E-state index in [2.05, 4.69) is 42.3 Å². The number of amides is 1. The second-order valence-electron chi connectivity index (χ2n) is 9.56. The maximum atomic E-state index is 11.8. The van der Waals surface area contributed by atoms with Crippen LogP contribution >= 0.6 is 0 Å². The number of benzene rings is 2. The average Bonchev–Trinajstić information content (AvgIpc) is 3.37. The van der Waals surface area contributed by atoms with Gasteiger partial charge < -0.3 is 20.2 Å². The van der Waals surface area contributed by atoms with E-state index in [1.54, 1.807) is 0 Å². The van der Waals surface area contributed by atoms with Crippen LogP contribution in [0.25, 0.3) is 11.3 Å². The third-order valence-electron chi connectivity index (χ3n) is 6.60. The smallest absolute Gasteiger partial charge is 0.407 e. The molecule has 196 valence electrons. The van der Waals surface area contributed by atoms with Crippen LogP contribution in [0.4, 0.5) is 22.2 Å². The van der Waals surface area contributed by atoms with Gasteiger partial charge >= 0.3 is 6.09 Å². The number of likely N-dealkylation sites (N-methyl/N-ethyl adjacent to an activating group) is 1. The molecule has 0 bridgehead atoms. The third-order valence-corrected chi connectivity index (χ3v) is 6.60. The molecule has 0 unspecified atom stereocenters. The summed E-state index contributed by atoms with van der Waals surface area (Å²) in [5.41, 5.74) is 3.58. The Morgan fingerprint density at radius 3 is 2.34 bits per heavy atom. The van der Waals surface area contributed by atoms with Crippen LogP contribution in [0.15, 0.2) is 66.7 Å². The van der Waals surface area contributed by atoms with E-state index in [0.717, 1.165) is 60.2 Å².